The first-order chi connectivity index (χ1) is 8.58. The zero-order chi connectivity index (χ0) is 13.4. The topological polar surface area (TPSA) is 66.4 Å². The highest BCUT2D eigenvalue weighted by Crippen LogP contribution is 2.10. The van der Waals surface area contributed by atoms with Gasteiger partial charge in [0.2, 0.25) is 5.91 Å². The Bertz CT molecular complexity index is 403. The van der Waals surface area contributed by atoms with Crippen molar-refractivity contribution in [1.29, 1.82) is 0 Å². The van der Waals surface area contributed by atoms with Crippen molar-refractivity contribution in [1.82, 2.24) is 0 Å². The van der Waals surface area contributed by atoms with Gasteiger partial charge < -0.3 is 10.4 Å². The number of hydrogen-bond acceptors (Lipinski definition) is 2. The molecule has 0 aliphatic heterocycles. The van der Waals surface area contributed by atoms with Crippen molar-refractivity contribution >= 4 is 17.6 Å². The number of halogens is 1. The lowest BCUT2D eigenvalue weighted by Crippen LogP contribution is -2.11. The van der Waals surface area contributed by atoms with E-state index < -0.39 is 5.97 Å². The van der Waals surface area contributed by atoms with E-state index >= 15 is 0 Å². The Morgan fingerprint density at radius 2 is 1.67 bits per heavy atom. The number of carboxylic acids is 1. The highest BCUT2D eigenvalue weighted by atomic mass is 19.1. The van der Waals surface area contributed by atoms with Crippen molar-refractivity contribution < 1.29 is 19.1 Å². The summed E-state index contributed by atoms with van der Waals surface area (Å²) < 4.78 is 12.6. The van der Waals surface area contributed by atoms with Gasteiger partial charge in [-0.1, -0.05) is 6.42 Å². The fourth-order valence-corrected chi connectivity index (χ4v) is 1.50. The molecule has 0 saturated heterocycles. The second-order valence-corrected chi connectivity index (χ2v) is 4.01. The monoisotopic (exact) mass is 253 g/mol. The van der Waals surface area contributed by atoms with Gasteiger partial charge in [0.25, 0.3) is 0 Å². The molecule has 0 saturated carbocycles. The summed E-state index contributed by atoms with van der Waals surface area (Å²) in [5.41, 5.74) is 0.562. The maximum Gasteiger partial charge on any atom is 0.303 e. The minimum atomic E-state index is -0.814. The second kappa shape index (κ2) is 7.42. The van der Waals surface area contributed by atoms with Gasteiger partial charge in [0, 0.05) is 18.5 Å². The van der Waals surface area contributed by atoms with Gasteiger partial charge in [-0.25, -0.2) is 4.39 Å². The molecule has 0 radical (unpaired) electrons. The number of hydrogen-bond donors (Lipinski definition) is 2. The molecular weight excluding hydrogens is 237 g/mol. The standard InChI is InChI=1S/C13H16FNO3/c14-10-6-8-11(9-7-10)15-12(16)4-2-1-3-5-13(17)18/h6-9H,1-5H2,(H,15,16)(H,17,18). The predicted octanol–water partition coefficient (Wildman–Crippen LogP) is 2.80. The van der Waals surface area contributed by atoms with Gasteiger partial charge in [0.05, 0.1) is 0 Å². The molecular formula is C13H16FNO3. The summed E-state index contributed by atoms with van der Waals surface area (Å²) in [6, 6.07) is 5.56. The Balaban J connectivity index is 2.17. The number of nitrogens with one attached hydrogen (secondary N) is 1. The molecule has 0 aliphatic carbocycles. The number of carbonyl (C=O) groups excluding carboxylic acids is 1. The average molecular weight is 253 g/mol. The van der Waals surface area contributed by atoms with E-state index in [1.54, 1.807) is 0 Å². The highest BCUT2D eigenvalue weighted by Gasteiger charge is 2.03. The lowest BCUT2D eigenvalue weighted by molar-refractivity contribution is -0.137. The lowest BCUT2D eigenvalue weighted by Gasteiger charge is -2.04. The van der Waals surface area contributed by atoms with Crippen LogP contribution < -0.4 is 5.32 Å². The third-order valence-corrected chi connectivity index (χ3v) is 2.42. The van der Waals surface area contributed by atoms with Crippen LogP contribution in [0.1, 0.15) is 32.1 Å². The average Bonchev–Trinajstić information content (AvgIpc) is 2.31. The molecule has 0 heterocycles. The third-order valence-electron chi connectivity index (χ3n) is 2.42. The zero-order valence-corrected chi connectivity index (χ0v) is 9.99. The van der Waals surface area contributed by atoms with E-state index in [9.17, 15) is 14.0 Å². The maximum absolute atomic E-state index is 12.6. The van der Waals surface area contributed by atoms with Crippen LogP contribution in [0.2, 0.25) is 0 Å². The van der Waals surface area contributed by atoms with Crippen LogP contribution in [-0.2, 0) is 9.59 Å². The van der Waals surface area contributed by atoms with Crippen molar-refractivity contribution in [2.24, 2.45) is 0 Å². The van der Waals surface area contributed by atoms with E-state index in [-0.39, 0.29) is 18.1 Å². The van der Waals surface area contributed by atoms with Crippen LogP contribution in [0.5, 0.6) is 0 Å². The van der Waals surface area contributed by atoms with Gasteiger partial charge in [-0.05, 0) is 37.1 Å². The van der Waals surface area contributed by atoms with Crippen molar-refractivity contribution in [3.8, 4) is 0 Å². The molecule has 0 aromatic heterocycles. The van der Waals surface area contributed by atoms with Crippen LogP contribution in [-0.4, -0.2) is 17.0 Å². The Morgan fingerprint density at radius 1 is 1.06 bits per heavy atom. The Kier molecular flexibility index (Phi) is 5.84. The summed E-state index contributed by atoms with van der Waals surface area (Å²) in [4.78, 5) is 21.7. The molecule has 4 nitrogen and oxygen atoms in total. The van der Waals surface area contributed by atoms with E-state index in [4.69, 9.17) is 5.11 Å². The fourth-order valence-electron chi connectivity index (χ4n) is 1.50. The van der Waals surface area contributed by atoms with Crippen LogP contribution in [0.4, 0.5) is 10.1 Å². The van der Waals surface area contributed by atoms with Crippen LogP contribution in [0, 0.1) is 5.82 Å². The summed E-state index contributed by atoms with van der Waals surface area (Å²) in [7, 11) is 0. The van der Waals surface area contributed by atoms with E-state index in [0.717, 1.165) is 0 Å². The second-order valence-electron chi connectivity index (χ2n) is 4.01. The predicted molar refractivity (Wildman–Crippen MR) is 65.8 cm³/mol. The Morgan fingerprint density at radius 3 is 2.28 bits per heavy atom. The summed E-state index contributed by atoms with van der Waals surface area (Å²) in [6.45, 7) is 0. The van der Waals surface area contributed by atoms with Gasteiger partial charge in [-0.2, -0.15) is 0 Å². The van der Waals surface area contributed by atoms with Crippen LogP contribution in [0.3, 0.4) is 0 Å². The Labute approximate surface area is 105 Å². The summed E-state index contributed by atoms with van der Waals surface area (Å²) in [5, 5.41) is 11.1. The maximum atomic E-state index is 12.6. The fraction of sp³-hybridized carbons (Fsp3) is 0.385. The lowest BCUT2D eigenvalue weighted by atomic mass is 10.1. The molecule has 1 aromatic rings. The molecule has 5 heteroatoms. The van der Waals surface area contributed by atoms with Gasteiger partial charge in [0.15, 0.2) is 0 Å². The number of unbranched alkanes of at least 4 members (excludes halogenated alkanes) is 2. The van der Waals surface area contributed by atoms with Gasteiger partial charge >= 0.3 is 5.97 Å². The molecule has 0 fully saturated rings. The molecule has 2 N–H and O–H groups in total. The first kappa shape index (κ1) is 14.2. The summed E-state index contributed by atoms with van der Waals surface area (Å²) in [6.07, 6.45) is 2.43. The molecule has 0 atom stereocenters. The number of anilines is 1. The molecule has 1 amide bonds. The molecule has 0 aliphatic rings. The molecule has 1 aromatic carbocycles. The van der Waals surface area contributed by atoms with Crippen molar-refractivity contribution in [2.75, 3.05) is 5.32 Å². The molecule has 0 spiro atoms. The quantitative estimate of drug-likeness (QED) is 0.734. The Hall–Kier alpha value is -1.91. The number of carbonyl (C=O) groups is 2. The number of carboxylic acid groups (broad SMARTS) is 1. The minimum absolute atomic E-state index is 0.138. The van der Waals surface area contributed by atoms with E-state index in [2.05, 4.69) is 5.32 Å². The molecule has 18 heavy (non-hydrogen) atoms. The summed E-state index contributed by atoms with van der Waals surface area (Å²) in [5.74, 6) is -1.30. The van der Waals surface area contributed by atoms with E-state index in [0.29, 0.717) is 31.4 Å². The summed E-state index contributed by atoms with van der Waals surface area (Å²) >= 11 is 0. The number of rotatable bonds is 7. The number of benzene rings is 1. The molecule has 98 valence electrons. The molecule has 0 unspecified atom stereocenters. The van der Waals surface area contributed by atoms with E-state index in [1.165, 1.54) is 24.3 Å². The molecule has 0 bridgehead atoms. The van der Waals surface area contributed by atoms with Crippen molar-refractivity contribution in [3.05, 3.63) is 30.1 Å². The number of amides is 1. The van der Waals surface area contributed by atoms with Crippen molar-refractivity contribution in [3.63, 3.8) is 0 Å². The van der Waals surface area contributed by atoms with Gasteiger partial charge in [0.1, 0.15) is 5.82 Å². The van der Waals surface area contributed by atoms with Crippen LogP contribution in [0.25, 0.3) is 0 Å². The highest BCUT2D eigenvalue weighted by molar-refractivity contribution is 5.90. The SMILES string of the molecule is O=C(O)CCCCCC(=O)Nc1ccc(F)cc1. The first-order valence-electron chi connectivity index (χ1n) is 5.85. The minimum Gasteiger partial charge on any atom is -0.481 e. The van der Waals surface area contributed by atoms with Gasteiger partial charge in [-0.3, -0.25) is 9.59 Å². The van der Waals surface area contributed by atoms with E-state index in [1.807, 2.05) is 0 Å². The largest absolute Gasteiger partial charge is 0.481 e. The first-order valence-corrected chi connectivity index (χ1v) is 5.85. The smallest absolute Gasteiger partial charge is 0.303 e. The third kappa shape index (κ3) is 5.98. The number of aliphatic carboxylic acids is 1. The van der Waals surface area contributed by atoms with Gasteiger partial charge in [-0.15, -0.1) is 0 Å². The molecule has 1 rings (SSSR count). The zero-order valence-electron chi connectivity index (χ0n) is 9.99. The van der Waals surface area contributed by atoms with Crippen LogP contribution in [0.15, 0.2) is 24.3 Å². The van der Waals surface area contributed by atoms with Crippen LogP contribution >= 0.6 is 0 Å². The normalized spacial score (nSPS) is 10.1. The van der Waals surface area contributed by atoms with Crippen molar-refractivity contribution in [2.45, 2.75) is 32.1 Å².